The van der Waals surface area contributed by atoms with E-state index in [1.54, 1.807) is 73.1 Å². The molecule has 0 spiro atoms. The number of carbonyl (C=O) groups is 6. The van der Waals surface area contributed by atoms with Crippen LogP contribution in [0.15, 0.2) is 97.3 Å². The van der Waals surface area contributed by atoms with Crippen molar-refractivity contribution in [2.75, 3.05) is 18.4 Å². The maximum absolute atomic E-state index is 13.4. The Hall–Kier alpha value is -7.15. The molecule has 1 aromatic heterocycles. The number of hydrogen-bond acceptors (Lipinski definition) is 7. The lowest BCUT2D eigenvalue weighted by Gasteiger charge is -2.19. The van der Waals surface area contributed by atoms with Crippen LogP contribution >= 0.6 is 0 Å². The van der Waals surface area contributed by atoms with Crippen LogP contribution in [0.25, 0.3) is 22.3 Å². The Morgan fingerprint density at radius 1 is 0.545 bits per heavy atom. The third-order valence-corrected chi connectivity index (χ3v) is 10.9. The van der Waals surface area contributed by atoms with Gasteiger partial charge in [-0.1, -0.05) is 65.8 Å². The fraction of sp³-hybridized carbons (Fsp3) is 0.340. The van der Waals surface area contributed by atoms with Crippen LogP contribution in [-0.4, -0.2) is 70.8 Å². The normalized spacial score (nSPS) is 13.3. The lowest BCUT2D eigenvalue weighted by Crippen LogP contribution is -2.32. The highest BCUT2D eigenvalue weighted by Gasteiger charge is 2.27. The molecule has 66 heavy (non-hydrogen) atoms. The van der Waals surface area contributed by atoms with Crippen molar-refractivity contribution in [2.24, 2.45) is 10.8 Å². The third kappa shape index (κ3) is 13.4. The van der Waals surface area contributed by atoms with Crippen LogP contribution in [0.4, 0.5) is 5.69 Å². The maximum atomic E-state index is 13.4. The van der Waals surface area contributed by atoms with Gasteiger partial charge in [0.15, 0.2) is 0 Å². The second-order valence-electron chi connectivity index (χ2n) is 19.6. The minimum atomic E-state index is -1.12. The molecular formula is C53H60N6O7. The van der Waals surface area contributed by atoms with Crippen LogP contribution in [0.3, 0.4) is 0 Å². The first kappa shape index (κ1) is 48.3. The molecule has 7 rings (SSSR count). The predicted molar refractivity (Wildman–Crippen MR) is 257 cm³/mol. The van der Waals surface area contributed by atoms with E-state index in [9.17, 15) is 33.9 Å². The van der Waals surface area contributed by atoms with Crippen LogP contribution in [0, 0.1) is 24.7 Å². The molecule has 2 aliphatic carbocycles. The number of amides is 5. The van der Waals surface area contributed by atoms with Crippen molar-refractivity contribution < 1.29 is 33.9 Å². The van der Waals surface area contributed by atoms with Gasteiger partial charge in [0.05, 0.1) is 17.4 Å². The van der Waals surface area contributed by atoms with E-state index in [4.69, 9.17) is 0 Å². The zero-order valence-electron chi connectivity index (χ0n) is 39.0. The number of anilines is 1. The number of nitrogens with one attached hydrogen (secondary N) is 5. The second-order valence-corrected chi connectivity index (χ2v) is 19.6. The number of benzene rings is 4. The highest BCUT2D eigenvalue weighted by Crippen LogP contribution is 2.32. The molecule has 2 fully saturated rings. The van der Waals surface area contributed by atoms with E-state index in [0.717, 1.165) is 42.4 Å². The second kappa shape index (κ2) is 20.4. The highest BCUT2D eigenvalue weighted by atomic mass is 16.4. The molecule has 0 aliphatic heterocycles. The minimum Gasteiger partial charge on any atom is -0.478 e. The Morgan fingerprint density at radius 3 is 1.38 bits per heavy atom. The van der Waals surface area contributed by atoms with Gasteiger partial charge in [0.2, 0.25) is 0 Å². The number of aryl methyl sites for hydroxylation is 2. The van der Waals surface area contributed by atoms with E-state index in [1.807, 2.05) is 73.6 Å². The predicted octanol–water partition coefficient (Wildman–Crippen LogP) is 9.01. The molecule has 0 unspecified atom stereocenters. The standard InChI is InChI=1S/C29H32N4O3.C24H28N2O4/c1-18-7-8-20(27(35)32-21-10-11-21)14-24(18)23-12-9-19(26(34)31-17-29(2,3)4)15-25(23)28(36)33-22-6-5-13-30-16-22;1-14-5-6-16(22(28)26-17-8-9-17)11-19(14)18-10-7-15(12-20(18)23(29)30)21(27)25-13-24(2,3)4/h5-9,12-16,21H,10-11,17H2,1-4H3,(H,31,34)(H,32,35)(H,33,36);5-7,10-12,17H,8-9,13H2,1-4H3,(H,25,27)(H,26,28)(H,29,30). The van der Waals surface area contributed by atoms with Crippen molar-refractivity contribution >= 4 is 41.2 Å². The topological polar surface area (TPSA) is 196 Å². The molecule has 5 amide bonds. The number of hydrogen-bond donors (Lipinski definition) is 6. The van der Waals surface area contributed by atoms with Crippen LogP contribution in [0.5, 0.6) is 0 Å². The first-order chi connectivity index (χ1) is 31.2. The average Bonchev–Trinajstić information content (AvgIpc) is 4.23. The number of aromatic carboxylic acids is 1. The molecule has 0 atom stereocenters. The zero-order chi connectivity index (χ0) is 47.9. The Morgan fingerprint density at radius 2 is 0.970 bits per heavy atom. The van der Waals surface area contributed by atoms with Crippen LogP contribution in [0.2, 0.25) is 0 Å². The summed E-state index contributed by atoms with van der Waals surface area (Å²) in [5, 5.41) is 24.4. The van der Waals surface area contributed by atoms with Crippen molar-refractivity contribution in [3.63, 3.8) is 0 Å². The molecule has 5 aromatic rings. The van der Waals surface area contributed by atoms with E-state index in [1.165, 1.54) is 6.07 Å². The maximum Gasteiger partial charge on any atom is 0.336 e. The van der Waals surface area contributed by atoms with Crippen LogP contribution in [0.1, 0.15) is 141 Å². The van der Waals surface area contributed by atoms with Crippen molar-refractivity contribution in [1.29, 1.82) is 0 Å². The molecule has 2 aliphatic rings. The van der Waals surface area contributed by atoms with E-state index < -0.39 is 5.97 Å². The number of carboxylic acid groups (broad SMARTS) is 1. The van der Waals surface area contributed by atoms with Gasteiger partial charge in [-0.2, -0.15) is 0 Å². The molecule has 13 heteroatoms. The van der Waals surface area contributed by atoms with Crippen molar-refractivity contribution in [1.82, 2.24) is 26.3 Å². The van der Waals surface area contributed by atoms with Crippen molar-refractivity contribution in [3.8, 4) is 22.3 Å². The molecule has 13 nitrogen and oxygen atoms in total. The molecule has 0 bridgehead atoms. The summed E-state index contributed by atoms with van der Waals surface area (Å²) < 4.78 is 0. The quantitative estimate of drug-likeness (QED) is 0.0674. The molecule has 0 saturated heterocycles. The summed E-state index contributed by atoms with van der Waals surface area (Å²) in [5.41, 5.74) is 6.78. The van der Waals surface area contributed by atoms with E-state index in [0.29, 0.717) is 63.3 Å². The van der Waals surface area contributed by atoms with Crippen LogP contribution < -0.4 is 26.6 Å². The van der Waals surface area contributed by atoms with Gasteiger partial charge in [-0.25, -0.2) is 4.79 Å². The fourth-order valence-corrected chi connectivity index (χ4v) is 6.84. The number of nitrogens with zero attached hydrogens (tertiary/aromatic N) is 1. The number of aromatic nitrogens is 1. The molecule has 4 aromatic carbocycles. The molecule has 2 saturated carbocycles. The van der Waals surface area contributed by atoms with Crippen LogP contribution in [-0.2, 0) is 0 Å². The lowest BCUT2D eigenvalue weighted by atomic mass is 9.92. The van der Waals surface area contributed by atoms with E-state index in [2.05, 4.69) is 31.6 Å². The van der Waals surface area contributed by atoms with Gasteiger partial charge in [-0.05, 0) is 144 Å². The first-order valence-electron chi connectivity index (χ1n) is 22.3. The Labute approximate surface area is 386 Å². The van der Waals surface area contributed by atoms with Gasteiger partial charge in [0.1, 0.15) is 0 Å². The van der Waals surface area contributed by atoms with Gasteiger partial charge < -0.3 is 31.7 Å². The van der Waals surface area contributed by atoms with Gasteiger partial charge in [0.25, 0.3) is 29.5 Å². The summed E-state index contributed by atoms with van der Waals surface area (Å²) in [7, 11) is 0. The number of carboxylic acids is 1. The largest absolute Gasteiger partial charge is 0.478 e. The summed E-state index contributed by atoms with van der Waals surface area (Å²) in [6.07, 6.45) is 7.18. The Bertz CT molecular complexity index is 2660. The molecule has 6 N–H and O–H groups in total. The summed E-state index contributed by atoms with van der Waals surface area (Å²) in [6.45, 7) is 16.9. The molecule has 1 heterocycles. The van der Waals surface area contributed by atoms with Gasteiger partial charge in [-0.15, -0.1) is 0 Å². The number of pyridine rings is 1. The van der Waals surface area contributed by atoms with Crippen molar-refractivity contribution in [3.05, 3.63) is 142 Å². The van der Waals surface area contributed by atoms with E-state index >= 15 is 0 Å². The highest BCUT2D eigenvalue weighted by molar-refractivity contribution is 6.11. The minimum absolute atomic E-state index is 0.0289. The monoisotopic (exact) mass is 892 g/mol. The zero-order valence-corrected chi connectivity index (χ0v) is 39.0. The summed E-state index contributed by atoms with van der Waals surface area (Å²) in [4.78, 5) is 79.9. The van der Waals surface area contributed by atoms with Gasteiger partial charge in [-0.3, -0.25) is 29.0 Å². The van der Waals surface area contributed by atoms with Gasteiger partial charge >= 0.3 is 5.97 Å². The number of carbonyl (C=O) groups excluding carboxylic acids is 5. The average molecular weight is 893 g/mol. The first-order valence-corrected chi connectivity index (χ1v) is 22.3. The Kier molecular flexibility index (Phi) is 14.9. The third-order valence-electron chi connectivity index (χ3n) is 10.9. The summed E-state index contributed by atoms with van der Waals surface area (Å²) in [5.74, 6) is -2.33. The number of rotatable bonds is 13. The lowest BCUT2D eigenvalue weighted by molar-refractivity contribution is 0.0696. The van der Waals surface area contributed by atoms with E-state index in [-0.39, 0.29) is 58.0 Å². The SMILES string of the molecule is Cc1ccc(C(=O)NC2CC2)cc1-c1ccc(C(=O)NCC(C)(C)C)cc1C(=O)Nc1cccnc1.Cc1ccc(C(=O)NC2CC2)cc1-c1ccc(C(=O)NCC(C)(C)C)cc1C(=O)O. The summed E-state index contributed by atoms with van der Waals surface area (Å²) in [6, 6.07) is 24.5. The molecular weight excluding hydrogens is 833 g/mol. The summed E-state index contributed by atoms with van der Waals surface area (Å²) >= 11 is 0. The Balaban J connectivity index is 0.000000222. The molecule has 0 radical (unpaired) electrons. The smallest absolute Gasteiger partial charge is 0.336 e. The fourth-order valence-electron chi connectivity index (χ4n) is 6.84. The van der Waals surface area contributed by atoms with Crippen molar-refractivity contribution in [2.45, 2.75) is 93.2 Å². The molecule has 344 valence electrons. The van der Waals surface area contributed by atoms with Gasteiger partial charge in [0, 0.05) is 59.2 Å².